The summed E-state index contributed by atoms with van der Waals surface area (Å²) in [4.78, 5) is 25.0. The number of likely N-dealkylation sites (tertiary alicyclic amines) is 1. The summed E-state index contributed by atoms with van der Waals surface area (Å²) < 4.78 is 13.2. The van der Waals surface area contributed by atoms with Crippen molar-refractivity contribution in [2.75, 3.05) is 6.54 Å². The molecule has 0 aromatic heterocycles. The number of benzene rings is 1. The average Bonchev–Trinajstić information content (AvgIpc) is 2.47. The SMILES string of the molecule is C[C@@H](CC(=O)N1CCCC[C@@H]1C(=O)O)c1cccc(F)c1. The lowest BCUT2D eigenvalue weighted by Gasteiger charge is -2.33. The van der Waals surface area contributed by atoms with E-state index in [1.807, 2.05) is 6.92 Å². The third kappa shape index (κ3) is 3.80. The second-order valence-electron chi connectivity index (χ2n) is 5.60. The predicted molar refractivity (Wildman–Crippen MR) is 76.4 cm³/mol. The number of carbonyl (C=O) groups excluding carboxylic acids is 1. The lowest BCUT2D eigenvalue weighted by atomic mass is 9.95. The summed E-state index contributed by atoms with van der Waals surface area (Å²) in [7, 11) is 0. The van der Waals surface area contributed by atoms with Gasteiger partial charge >= 0.3 is 5.97 Å². The topological polar surface area (TPSA) is 57.6 Å². The zero-order valence-corrected chi connectivity index (χ0v) is 12.1. The second kappa shape index (κ2) is 6.70. The summed E-state index contributed by atoms with van der Waals surface area (Å²) in [5, 5.41) is 9.20. The van der Waals surface area contributed by atoms with Crippen molar-refractivity contribution in [3.05, 3.63) is 35.6 Å². The van der Waals surface area contributed by atoms with E-state index in [0.717, 1.165) is 18.4 Å². The molecule has 0 spiro atoms. The van der Waals surface area contributed by atoms with Crippen molar-refractivity contribution in [2.24, 2.45) is 0 Å². The van der Waals surface area contributed by atoms with Gasteiger partial charge in [0.25, 0.3) is 0 Å². The van der Waals surface area contributed by atoms with Gasteiger partial charge in [-0.2, -0.15) is 0 Å². The Morgan fingerprint density at radius 1 is 1.43 bits per heavy atom. The number of carboxylic acid groups (broad SMARTS) is 1. The summed E-state index contributed by atoms with van der Waals surface area (Å²) in [5.74, 6) is -1.57. The molecule has 0 radical (unpaired) electrons. The quantitative estimate of drug-likeness (QED) is 0.928. The van der Waals surface area contributed by atoms with Crippen molar-refractivity contribution in [2.45, 2.75) is 44.6 Å². The number of rotatable bonds is 4. The van der Waals surface area contributed by atoms with Gasteiger partial charge in [0.1, 0.15) is 11.9 Å². The first kappa shape index (κ1) is 15.5. The molecule has 1 fully saturated rings. The van der Waals surface area contributed by atoms with Gasteiger partial charge in [0.05, 0.1) is 0 Å². The van der Waals surface area contributed by atoms with E-state index >= 15 is 0 Å². The summed E-state index contributed by atoms with van der Waals surface area (Å²) in [6, 6.07) is 5.47. The van der Waals surface area contributed by atoms with Gasteiger partial charge in [-0.15, -0.1) is 0 Å². The second-order valence-corrected chi connectivity index (χ2v) is 5.60. The highest BCUT2D eigenvalue weighted by atomic mass is 19.1. The largest absolute Gasteiger partial charge is 0.480 e. The molecule has 1 aromatic rings. The molecular formula is C16H20FNO3. The fourth-order valence-corrected chi connectivity index (χ4v) is 2.80. The molecule has 0 unspecified atom stereocenters. The number of nitrogens with zero attached hydrogens (tertiary/aromatic N) is 1. The molecule has 1 heterocycles. The Morgan fingerprint density at radius 2 is 2.19 bits per heavy atom. The van der Waals surface area contributed by atoms with Crippen LogP contribution in [-0.2, 0) is 9.59 Å². The maximum Gasteiger partial charge on any atom is 0.326 e. The standard InChI is InChI=1S/C16H20FNO3/c1-11(12-5-4-6-13(17)10-12)9-15(19)18-8-3-2-7-14(18)16(20)21/h4-6,10-11,14H,2-3,7-9H2,1H3,(H,20,21)/t11-,14+/m0/s1. The Bertz CT molecular complexity index is 532. The van der Waals surface area contributed by atoms with E-state index < -0.39 is 12.0 Å². The van der Waals surface area contributed by atoms with E-state index in [1.165, 1.54) is 17.0 Å². The van der Waals surface area contributed by atoms with Crippen molar-refractivity contribution in [3.8, 4) is 0 Å². The maximum atomic E-state index is 13.2. The smallest absolute Gasteiger partial charge is 0.326 e. The molecule has 1 N–H and O–H groups in total. The maximum absolute atomic E-state index is 13.2. The Balaban J connectivity index is 2.04. The Morgan fingerprint density at radius 3 is 2.86 bits per heavy atom. The third-order valence-electron chi connectivity index (χ3n) is 4.01. The van der Waals surface area contributed by atoms with Crippen LogP contribution in [0.3, 0.4) is 0 Å². The van der Waals surface area contributed by atoms with Crippen LogP contribution in [0.15, 0.2) is 24.3 Å². The lowest BCUT2D eigenvalue weighted by molar-refractivity contribution is -0.152. The molecule has 114 valence electrons. The Hall–Kier alpha value is -1.91. The fraction of sp³-hybridized carbons (Fsp3) is 0.500. The molecule has 1 aromatic carbocycles. The molecule has 1 saturated heterocycles. The number of carboxylic acids is 1. The van der Waals surface area contributed by atoms with Crippen molar-refractivity contribution >= 4 is 11.9 Å². The first-order chi connectivity index (χ1) is 9.99. The predicted octanol–water partition coefficient (Wildman–Crippen LogP) is 2.79. The van der Waals surface area contributed by atoms with Gasteiger partial charge < -0.3 is 10.0 Å². The number of amides is 1. The van der Waals surface area contributed by atoms with Crippen LogP contribution in [0.25, 0.3) is 0 Å². The van der Waals surface area contributed by atoms with E-state index in [-0.39, 0.29) is 24.1 Å². The molecule has 2 rings (SSSR count). The van der Waals surface area contributed by atoms with E-state index in [0.29, 0.717) is 13.0 Å². The van der Waals surface area contributed by atoms with Crippen LogP contribution in [0, 0.1) is 5.82 Å². The summed E-state index contributed by atoms with van der Waals surface area (Å²) >= 11 is 0. The minimum atomic E-state index is -0.943. The van der Waals surface area contributed by atoms with Crippen LogP contribution in [0.5, 0.6) is 0 Å². The summed E-state index contributed by atoms with van der Waals surface area (Å²) in [6.45, 7) is 2.35. The highest BCUT2D eigenvalue weighted by molar-refractivity contribution is 5.84. The molecule has 21 heavy (non-hydrogen) atoms. The van der Waals surface area contributed by atoms with Gasteiger partial charge in [-0.3, -0.25) is 4.79 Å². The zero-order chi connectivity index (χ0) is 15.4. The number of hydrogen-bond donors (Lipinski definition) is 1. The minimum absolute atomic E-state index is 0.135. The molecule has 1 aliphatic rings. The van der Waals surface area contributed by atoms with Crippen molar-refractivity contribution < 1.29 is 19.1 Å². The molecule has 1 amide bonds. The third-order valence-corrected chi connectivity index (χ3v) is 4.01. The number of piperidine rings is 1. The van der Waals surface area contributed by atoms with Gasteiger partial charge in [0, 0.05) is 13.0 Å². The van der Waals surface area contributed by atoms with E-state index in [1.54, 1.807) is 12.1 Å². The van der Waals surface area contributed by atoms with Crippen LogP contribution < -0.4 is 0 Å². The first-order valence-corrected chi connectivity index (χ1v) is 7.26. The highest BCUT2D eigenvalue weighted by Crippen LogP contribution is 2.24. The van der Waals surface area contributed by atoms with Crippen LogP contribution in [0.2, 0.25) is 0 Å². The average molecular weight is 293 g/mol. The van der Waals surface area contributed by atoms with Crippen molar-refractivity contribution in [1.82, 2.24) is 4.90 Å². The van der Waals surface area contributed by atoms with Gasteiger partial charge in [-0.05, 0) is 42.9 Å². The molecule has 2 atom stereocenters. The van der Waals surface area contributed by atoms with Crippen LogP contribution >= 0.6 is 0 Å². The van der Waals surface area contributed by atoms with Crippen molar-refractivity contribution in [3.63, 3.8) is 0 Å². The van der Waals surface area contributed by atoms with Gasteiger partial charge in [0.15, 0.2) is 0 Å². The summed E-state index contributed by atoms with van der Waals surface area (Å²) in [5.41, 5.74) is 0.757. The molecule has 5 heteroatoms. The molecule has 0 aliphatic carbocycles. The van der Waals surface area contributed by atoms with Crippen LogP contribution in [0.4, 0.5) is 4.39 Å². The van der Waals surface area contributed by atoms with E-state index in [4.69, 9.17) is 0 Å². The van der Waals surface area contributed by atoms with Crippen LogP contribution in [0.1, 0.15) is 44.1 Å². The Labute approximate surface area is 123 Å². The fourth-order valence-electron chi connectivity index (χ4n) is 2.80. The van der Waals surface area contributed by atoms with Gasteiger partial charge in [-0.25, -0.2) is 9.18 Å². The van der Waals surface area contributed by atoms with E-state index in [9.17, 15) is 19.1 Å². The Kier molecular flexibility index (Phi) is 4.94. The molecule has 1 aliphatic heterocycles. The lowest BCUT2D eigenvalue weighted by Crippen LogP contribution is -2.48. The van der Waals surface area contributed by atoms with Gasteiger partial charge in [-0.1, -0.05) is 19.1 Å². The van der Waals surface area contributed by atoms with Crippen LogP contribution in [-0.4, -0.2) is 34.5 Å². The van der Waals surface area contributed by atoms with E-state index in [2.05, 4.69) is 0 Å². The number of carbonyl (C=O) groups is 2. The van der Waals surface area contributed by atoms with Crippen molar-refractivity contribution in [1.29, 1.82) is 0 Å². The summed E-state index contributed by atoms with van der Waals surface area (Å²) in [6.07, 6.45) is 2.38. The molecule has 4 nitrogen and oxygen atoms in total. The molecular weight excluding hydrogens is 273 g/mol. The normalized spacial score (nSPS) is 20.1. The zero-order valence-electron chi connectivity index (χ0n) is 12.1. The molecule has 0 bridgehead atoms. The highest BCUT2D eigenvalue weighted by Gasteiger charge is 2.32. The number of aliphatic carboxylic acids is 1. The number of hydrogen-bond acceptors (Lipinski definition) is 2. The van der Waals surface area contributed by atoms with Gasteiger partial charge in [0.2, 0.25) is 5.91 Å². The minimum Gasteiger partial charge on any atom is -0.480 e. The number of halogens is 1. The first-order valence-electron chi connectivity index (χ1n) is 7.26. The molecule has 0 saturated carbocycles. The monoisotopic (exact) mass is 293 g/mol.